The molecule has 3 heterocycles. The van der Waals surface area contributed by atoms with Crippen molar-refractivity contribution in [2.24, 2.45) is 7.05 Å². The lowest BCUT2D eigenvalue weighted by Crippen LogP contribution is -2.49. The van der Waals surface area contributed by atoms with Gasteiger partial charge in [-0.25, -0.2) is 4.98 Å². The molecule has 2 aromatic heterocycles. The van der Waals surface area contributed by atoms with Gasteiger partial charge in [-0.3, -0.25) is 9.48 Å². The molecule has 0 aliphatic carbocycles. The summed E-state index contributed by atoms with van der Waals surface area (Å²) in [7, 11) is 1.91. The minimum absolute atomic E-state index is 0.154. The summed E-state index contributed by atoms with van der Waals surface area (Å²) in [6.07, 6.45) is 2.16. The van der Waals surface area contributed by atoms with Crippen LogP contribution in [0.1, 0.15) is 17.0 Å². The van der Waals surface area contributed by atoms with Gasteiger partial charge in [0.25, 0.3) is 0 Å². The molecule has 1 fully saturated rings. The maximum Gasteiger partial charge on any atom is 0.227 e. The van der Waals surface area contributed by atoms with Crippen molar-refractivity contribution in [2.75, 3.05) is 31.1 Å². The maximum absolute atomic E-state index is 12.6. The summed E-state index contributed by atoms with van der Waals surface area (Å²) < 4.78 is 1.83. The van der Waals surface area contributed by atoms with E-state index in [-0.39, 0.29) is 5.91 Å². The van der Waals surface area contributed by atoms with Crippen molar-refractivity contribution in [2.45, 2.75) is 20.3 Å². The van der Waals surface area contributed by atoms with Crippen LogP contribution in [0.15, 0.2) is 18.3 Å². The molecule has 6 nitrogen and oxygen atoms in total. The Balaban J connectivity index is 1.62. The number of anilines is 1. The number of carbonyl (C=O) groups excluding carboxylic acids is 1. The van der Waals surface area contributed by atoms with E-state index >= 15 is 0 Å². The van der Waals surface area contributed by atoms with E-state index < -0.39 is 0 Å². The normalized spacial score (nSPS) is 15.0. The average Bonchev–Trinajstić information content (AvgIpc) is 2.82. The van der Waals surface area contributed by atoms with E-state index in [1.165, 1.54) is 0 Å². The summed E-state index contributed by atoms with van der Waals surface area (Å²) in [5.41, 5.74) is 3.03. The summed E-state index contributed by atoms with van der Waals surface area (Å²) >= 11 is 6.21. The summed E-state index contributed by atoms with van der Waals surface area (Å²) in [5, 5.41) is 5.04. The fourth-order valence-corrected chi connectivity index (χ4v) is 3.36. The number of hydrogen-bond donors (Lipinski definition) is 0. The zero-order valence-electron chi connectivity index (χ0n) is 14.3. The molecule has 0 bridgehead atoms. The van der Waals surface area contributed by atoms with Crippen LogP contribution in [0.5, 0.6) is 0 Å². The van der Waals surface area contributed by atoms with E-state index in [1.807, 2.05) is 42.6 Å². The zero-order chi connectivity index (χ0) is 17.3. The first-order valence-electron chi connectivity index (χ1n) is 8.09. The molecule has 24 heavy (non-hydrogen) atoms. The van der Waals surface area contributed by atoms with Crippen LogP contribution in [0.4, 0.5) is 5.82 Å². The van der Waals surface area contributed by atoms with E-state index in [4.69, 9.17) is 11.6 Å². The van der Waals surface area contributed by atoms with Gasteiger partial charge in [0, 0.05) is 50.7 Å². The Labute approximate surface area is 147 Å². The summed E-state index contributed by atoms with van der Waals surface area (Å²) in [5.74, 6) is 0.950. The molecule has 2 aromatic rings. The molecule has 3 rings (SSSR count). The lowest BCUT2D eigenvalue weighted by Gasteiger charge is -2.35. The molecule has 0 radical (unpaired) electrons. The SMILES string of the molecule is Cc1nn(C)c(C)c1CC(=O)N1CCN(c2ncccc2Cl)CC1. The van der Waals surface area contributed by atoms with Crippen LogP contribution >= 0.6 is 11.6 Å². The lowest BCUT2D eigenvalue weighted by molar-refractivity contribution is -0.130. The number of pyridine rings is 1. The third kappa shape index (κ3) is 3.24. The Morgan fingerprint density at radius 2 is 1.96 bits per heavy atom. The molecule has 128 valence electrons. The van der Waals surface area contributed by atoms with E-state index in [2.05, 4.69) is 15.0 Å². The molecule has 1 saturated heterocycles. The zero-order valence-corrected chi connectivity index (χ0v) is 15.0. The first-order valence-corrected chi connectivity index (χ1v) is 8.47. The average molecular weight is 348 g/mol. The van der Waals surface area contributed by atoms with Gasteiger partial charge in [0.2, 0.25) is 5.91 Å². The van der Waals surface area contributed by atoms with E-state index in [0.717, 1.165) is 35.9 Å². The standard InChI is InChI=1S/C17H22ClN5O/c1-12-14(13(2)21(3)20-12)11-16(24)22-7-9-23(10-8-22)17-15(18)5-4-6-19-17/h4-6H,7-11H2,1-3H3. The number of aromatic nitrogens is 3. The predicted molar refractivity (Wildman–Crippen MR) is 94.4 cm³/mol. The van der Waals surface area contributed by atoms with Crippen molar-refractivity contribution >= 4 is 23.3 Å². The van der Waals surface area contributed by atoms with Gasteiger partial charge in [0.15, 0.2) is 0 Å². The van der Waals surface area contributed by atoms with Gasteiger partial charge in [-0.15, -0.1) is 0 Å². The fraction of sp³-hybridized carbons (Fsp3) is 0.471. The Bertz CT molecular complexity index is 749. The Morgan fingerprint density at radius 3 is 2.54 bits per heavy atom. The second-order valence-corrected chi connectivity index (χ2v) is 6.53. The molecule has 1 aliphatic heterocycles. The molecule has 7 heteroatoms. The van der Waals surface area contributed by atoms with Crippen molar-refractivity contribution in [3.05, 3.63) is 40.3 Å². The summed E-state index contributed by atoms with van der Waals surface area (Å²) in [4.78, 5) is 21.0. The molecule has 0 unspecified atom stereocenters. The van der Waals surface area contributed by atoms with Gasteiger partial charge in [0.1, 0.15) is 5.82 Å². The number of nitrogens with zero attached hydrogens (tertiary/aromatic N) is 5. The second-order valence-electron chi connectivity index (χ2n) is 6.13. The molecule has 1 amide bonds. The number of rotatable bonds is 3. The number of hydrogen-bond acceptors (Lipinski definition) is 4. The highest BCUT2D eigenvalue weighted by Crippen LogP contribution is 2.23. The van der Waals surface area contributed by atoms with Crippen LogP contribution < -0.4 is 4.90 Å². The topological polar surface area (TPSA) is 54.3 Å². The number of halogens is 1. The first kappa shape index (κ1) is 16.8. The highest BCUT2D eigenvalue weighted by atomic mass is 35.5. The number of piperazine rings is 1. The first-order chi connectivity index (χ1) is 11.5. The van der Waals surface area contributed by atoms with Crippen molar-refractivity contribution in [1.29, 1.82) is 0 Å². The highest BCUT2D eigenvalue weighted by molar-refractivity contribution is 6.32. The van der Waals surface area contributed by atoms with Crippen LogP contribution in [-0.2, 0) is 18.3 Å². The van der Waals surface area contributed by atoms with E-state index in [1.54, 1.807) is 6.20 Å². The van der Waals surface area contributed by atoms with Gasteiger partial charge in [-0.1, -0.05) is 11.6 Å². The predicted octanol–water partition coefficient (Wildman–Crippen LogP) is 1.98. The van der Waals surface area contributed by atoms with Crippen LogP contribution in [0.25, 0.3) is 0 Å². The lowest BCUT2D eigenvalue weighted by atomic mass is 10.1. The molecule has 0 spiro atoms. The molecular formula is C17H22ClN5O. The van der Waals surface area contributed by atoms with Crippen molar-refractivity contribution < 1.29 is 4.79 Å². The Kier molecular flexibility index (Phi) is 4.76. The summed E-state index contributed by atoms with van der Waals surface area (Å²) in [6.45, 7) is 6.81. The Morgan fingerprint density at radius 1 is 1.25 bits per heavy atom. The molecule has 0 atom stereocenters. The largest absolute Gasteiger partial charge is 0.352 e. The summed E-state index contributed by atoms with van der Waals surface area (Å²) in [6, 6.07) is 3.67. The Hall–Kier alpha value is -2.08. The van der Waals surface area contributed by atoms with Crippen LogP contribution in [0.2, 0.25) is 5.02 Å². The maximum atomic E-state index is 12.6. The molecule has 0 N–H and O–H groups in total. The van der Waals surface area contributed by atoms with Gasteiger partial charge in [-0.05, 0) is 26.0 Å². The third-order valence-corrected chi connectivity index (χ3v) is 4.95. The van der Waals surface area contributed by atoms with Crippen molar-refractivity contribution in [3.8, 4) is 0 Å². The quantitative estimate of drug-likeness (QED) is 0.852. The smallest absolute Gasteiger partial charge is 0.227 e. The molecule has 0 aromatic carbocycles. The minimum Gasteiger partial charge on any atom is -0.352 e. The van der Waals surface area contributed by atoms with Crippen LogP contribution in [-0.4, -0.2) is 51.8 Å². The van der Waals surface area contributed by atoms with Crippen molar-refractivity contribution in [1.82, 2.24) is 19.7 Å². The van der Waals surface area contributed by atoms with Gasteiger partial charge in [0.05, 0.1) is 17.1 Å². The monoisotopic (exact) mass is 347 g/mol. The van der Waals surface area contributed by atoms with Gasteiger partial charge < -0.3 is 9.80 Å². The van der Waals surface area contributed by atoms with Crippen LogP contribution in [0, 0.1) is 13.8 Å². The van der Waals surface area contributed by atoms with Gasteiger partial charge >= 0.3 is 0 Å². The van der Waals surface area contributed by atoms with Gasteiger partial charge in [-0.2, -0.15) is 5.10 Å². The van der Waals surface area contributed by atoms with Crippen molar-refractivity contribution in [3.63, 3.8) is 0 Å². The molecular weight excluding hydrogens is 326 g/mol. The second kappa shape index (κ2) is 6.81. The number of amides is 1. The van der Waals surface area contributed by atoms with E-state index in [9.17, 15) is 4.79 Å². The third-order valence-electron chi connectivity index (χ3n) is 4.66. The number of aryl methyl sites for hydroxylation is 2. The van der Waals surface area contributed by atoms with E-state index in [0.29, 0.717) is 24.5 Å². The minimum atomic E-state index is 0.154. The highest BCUT2D eigenvalue weighted by Gasteiger charge is 2.24. The molecule has 0 saturated carbocycles. The molecule has 1 aliphatic rings. The number of carbonyl (C=O) groups is 1. The van der Waals surface area contributed by atoms with Crippen LogP contribution in [0.3, 0.4) is 0 Å². The fourth-order valence-electron chi connectivity index (χ4n) is 3.11.